The Labute approximate surface area is 224 Å². The first kappa shape index (κ1) is 27.4. The molecule has 0 radical (unpaired) electrons. The van der Waals surface area contributed by atoms with Gasteiger partial charge in [0.1, 0.15) is 10.7 Å². The van der Waals surface area contributed by atoms with Gasteiger partial charge in [-0.3, -0.25) is 4.79 Å². The van der Waals surface area contributed by atoms with Crippen molar-refractivity contribution < 1.29 is 17.5 Å². The summed E-state index contributed by atoms with van der Waals surface area (Å²) < 4.78 is 47.6. The van der Waals surface area contributed by atoms with E-state index in [9.17, 15) is 17.6 Å². The number of halogens is 1. The van der Waals surface area contributed by atoms with E-state index in [1.165, 1.54) is 49.1 Å². The number of para-hydroxylation sites is 1. The highest BCUT2D eigenvalue weighted by atomic mass is 32.2. The molecule has 200 valence electrons. The SMILES string of the molecule is C=C(C=NC(OC)=C(C)S(=O)(=O)NCc1ccc(F)cc1)c1ccc2nc(N)n(-c3ccccc3)c(=O)c2c1. The highest BCUT2D eigenvalue weighted by Gasteiger charge is 2.19. The Morgan fingerprint density at radius 3 is 2.51 bits per heavy atom. The van der Waals surface area contributed by atoms with Gasteiger partial charge < -0.3 is 10.5 Å². The van der Waals surface area contributed by atoms with Gasteiger partial charge in [0.2, 0.25) is 21.9 Å². The van der Waals surface area contributed by atoms with Crippen LogP contribution in [0.2, 0.25) is 0 Å². The van der Waals surface area contributed by atoms with Crippen LogP contribution in [0.5, 0.6) is 0 Å². The number of methoxy groups -OCH3 is 1. The Bertz CT molecular complexity index is 1760. The summed E-state index contributed by atoms with van der Waals surface area (Å²) in [5, 5.41) is 0.325. The topological polar surface area (TPSA) is 129 Å². The molecule has 0 saturated heterocycles. The first-order valence-corrected chi connectivity index (χ1v) is 13.2. The van der Waals surface area contributed by atoms with Gasteiger partial charge in [0.05, 0.1) is 23.7 Å². The Balaban J connectivity index is 1.60. The molecule has 0 atom stereocenters. The van der Waals surface area contributed by atoms with Crippen LogP contribution in [0.15, 0.2) is 100.0 Å². The van der Waals surface area contributed by atoms with E-state index in [0.717, 1.165) is 0 Å². The lowest BCUT2D eigenvalue weighted by molar-refractivity contribution is 0.286. The van der Waals surface area contributed by atoms with Gasteiger partial charge in [-0.1, -0.05) is 43.0 Å². The number of sulfonamides is 1. The van der Waals surface area contributed by atoms with Crippen LogP contribution in [0.4, 0.5) is 10.3 Å². The van der Waals surface area contributed by atoms with Gasteiger partial charge in [-0.25, -0.2) is 32.1 Å². The fraction of sp³-hybridized carbons (Fsp3) is 0.107. The van der Waals surface area contributed by atoms with Crippen molar-refractivity contribution in [1.82, 2.24) is 14.3 Å². The lowest BCUT2D eigenvalue weighted by Gasteiger charge is -2.11. The number of anilines is 1. The molecule has 0 aliphatic carbocycles. The summed E-state index contributed by atoms with van der Waals surface area (Å²) in [5.74, 6) is -0.501. The van der Waals surface area contributed by atoms with Gasteiger partial charge in [-0.05, 0) is 60.0 Å². The van der Waals surface area contributed by atoms with Gasteiger partial charge in [0.25, 0.3) is 5.56 Å². The normalized spacial score (nSPS) is 12.5. The largest absolute Gasteiger partial charge is 0.480 e. The first-order chi connectivity index (χ1) is 18.6. The Hall–Kier alpha value is -4.61. The molecule has 3 N–H and O–H groups in total. The maximum atomic E-state index is 13.3. The number of benzene rings is 3. The van der Waals surface area contributed by atoms with Gasteiger partial charge in [-0.2, -0.15) is 0 Å². The van der Waals surface area contributed by atoms with E-state index in [-0.39, 0.29) is 28.8 Å². The summed E-state index contributed by atoms with van der Waals surface area (Å²) in [6.45, 7) is 5.31. The Morgan fingerprint density at radius 1 is 1.15 bits per heavy atom. The van der Waals surface area contributed by atoms with Crippen LogP contribution in [0.1, 0.15) is 18.1 Å². The molecule has 9 nitrogen and oxygen atoms in total. The van der Waals surface area contributed by atoms with Gasteiger partial charge in [0.15, 0.2) is 0 Å². The summed E-state index contributed by atoms with van der Waals surface area (Å²) >= 11 is 0. The molecular formula is C28H26FN5O4S. The lowest BCUT2D eigenvalue weighted by atomic mass is 10.1. The third-order valence-corrected chi connectivity index (χ3v) is 7.40. The number of hydrogen-bond donors (Lipinski definition) is 2. The number of nitrogens with two attached hydrogens (primary N) is 1. The number of nitrogens with one attached hydrogen (secondary N) is 1. The van der Waals surface area contributed by atoms with Crippen LogP contribution < -0.4 is 16.0 Å². The monoisotopic (exact) mass is 547 g/mol. The van der Waals surface area contributed by atoms with Gasteiger partial charge in [0, 0.05) is 12.8 Å². The highest BCUT2D eigenvalue weighted by molar-refractivity contribution is 7.93. The van der Waals surface area contributed by atoms with E-state index in [2.05, 4.69) is 21.3 Å². The summed E-state index contributed by atoms with van der Waals surface area (Å²) in [5.41, 5.74) is 8.28. The van der Waals surface area contributed by atoms with Crippen molar-refractivity contribution in [2.45, 2.75) is 13.5 Å². The van der Waals surface area contributed by atoms with Crippen molar-refractivity contribution in [3.8, 4) is 5.69 Å². The summed E-state index contributed by atoms with van der Waals surface area (Å²) in [6.07, 6.45) is 1.35. The van der Waals surface area contributed by atoms with E-state index in [0.29, 0.717) is 33.3 Å². The molecule has 0 fully saturated rings. The van der Waals surface area contributed by atoms with Crippen molar-refractivity contribution in [2.75, 3.05) is 12.8 Å². The second-order valence-corrected chi connectivity index (χ2v) is 10.4. The average Bonchev–Trinajstić information content (AvgIpc) is 2.93. The number of hydrogen-bond acceptors (Lipinski definition) is 7. The number of nitrogen functional groups attached to an aromatic ring is 1. The molecule has 0 spiro atoms. The van der Waals surface area contributed by atoms with Crippen LogP contribution in [-0.4, -0.2) is 31.3 Å². The molecule has 3 aromatic carbocycles. The molecule has 1 heterocycles. The standard InChI is InChI=1S/C28H26FN5O4S/c1-18(16-31-26(38-3)19(2)39(36,37)32-17-20-9-12-22(29)13-10-20)21-11-14-25-24(15-21)27(35)34(28(30)33-25)23-7-5-4-6-8-23/h4-16,32H,1,17H2,2-3H3,(H2,30,33). The van der Waals surface area contributed by atoms with Gasteiger partial charge in [-0.15, -0.1) is 0 Å². The number of aliphatic imine (C=N–C) groups is 1. The zero-order chi connectivity index (χ0) is 28.2. The van der Waals surface area contributed by atoms with Crippen molar-refractivity contribution in [2.24, 2.45) is 4.99 Å². The number of rotatable bonds is 9. The predicted molar refractivity (Wildman–Crippen MR) is 151 cm³/mol. The van der Waals surface area contributed by atoms with Crippen molar-refractivity contribution >= 4 is 38.7 Å². The van der Waals surface area contributed by atoms with Gasteiger partial charge >= 0.3 is 0 Å². The molecule has 0 bridgehead atoms. The molecule has 0 aliphatic heterocycles. The second kappa shape index (κ2) is 11.4. The molecule has 11 heteroatoms. The quantitative estimate of drug-likeness (QED) is 0.239. The molecule has 0 unspecified atom stereocenters. The molecular weight excluding hydrogens is 521 g/mol. The van der Waals surface area contributed by atoms with Crippen LogP contribution in [0.25, 0.3) is 22.2 Å². The van der Waals surface area contributed by atoms with E-state index >= 15 is 0 Å². The smallest absolute Gasteiger partial charge is 0.267 e. The van der Waals surface area contributed by atoms with Crippen molar-refractivity contribution in [1.29, 1.82) is 0 Å². The highest BCUT2D eigenvalue weighted by Crippen LogP contribution is 2.20. The van der Waals surface area contributed by atoms with Crippen LogP contribution in [0, 0.1) is 5.82 Å². The molecule has 0 saturated carbocycles. The average molecular weight is 548 g/mol. The third-order valence-electron chi connectivity index (χ3n) is 5.89. The number of aromatic nitrogens is 2. The number of fused-ring (bicyclic) bond motifs is 1. The van der Waals surface area contributed by atoms with Crippen molar-refractivity contribution in [3.63, 3.8) is 0 Å². The minimum Gasteiger partial charge on any atom is -0.480 e. The Kier molecular flexibility index (Phi) is 8.03. The molecule has 0 aliphatic rings. The summed E-state index contributed by atoms with van der Waals surface area (Å²) in [6, 6.07) is 19.4. The summed E-state index contributed by atoms with van der Waals surface area (Å²) in [7, 11) is -2.66. The van der Waals surface area contributed by atoms with E-state index in [4.69, 9.17) is 10.5 Å². The lowest BCUT2D eigenvalue weighted by Crippen LogP contribution is -2.24. The van der Waals surface area contributed by atoms with E-state index < -0.39 is 15.8 Å². The third kappa shape index (κ3) is 6.11. The Morgan fingerprint density at radius 2 is 1.85 bits per heavy atom. The summed E-state index contributed by atoms with van der Waals surface area (Å²) in [4.78, 5) is 21.7. The second-order valence-electron chi connectivity index (χ2n) is 8.48. The van der Waals surface area contributed by atoms with Crippen LogP contribution >= 0.6 is 0 Å². The minimum absolute atomic E-state index is 0.0382. The molecule has 4 rings (SSSR count). The molecule has 0 amide bonds. The molecule has 4 aromatic rings. The minimum atomic E-state index is -3.96. The number of ether oxygens (including phenoxy) is 1. The fourth-order valence-corrected chi connectivity index (χ4v) is 4.67. The van der Waals surface area contributed by atoms with E-state index in [1.54, 1.807) is 42.5 Å². The molecule has 1 aromatic heterocycles. The van der Waals surface area contributed by atoms with E-state index in [1.807, 2.05) is 6.07 Å². The van der Waals surface area contributed by atoms with Crippen LogP contribution in [0.3, 0.4) is 0 Å². The van der Waals surface area contributed by atoms with Crippen molar-refractivity contribution in [3.05, 3.63) is 117 Å². The number of nitrogens with zero attached hydrogens (tertiary/aromatic N) is 3. The predicted octanol–water partition coefficient (Wildman–Crippen LogP) is 4.15. The molecule has 39 heavy (non-hydrogen) atoms. The van der Waals surface area contributed by atoms with Crippen LogP contribution in [-0.2, 0) is 21.3 Å². The fourth-order valence-electron chi connectivity index (χ4n) is 3.73. The first-order valence-electron chi connectivity index (χ1n) is 11.7. The zero-order valence-electron chi connectivity index (χ0n) is 21.3. The maximum Gasteiger partial charge on any atom is 0.267 e. The maximum absolute atomic E-state index is 13.3. The number of allylic oxidation sites excluding steroid dienone is 2. The zero-order valence-corrected chi connectivity index (χ0v) is 22.1.